The number of esters is 1. The minimum Gasteiger partial charge on any atom is -0.456 e. The smallest absolute Gasteiger partial charge is 0.390 e. The number of nitrogens with zero attached hydrogens (tertiary/aromatic N) is 2. The number of carbonyl (C=O) groups is 1. The number of aryl methyl sites for hydroxylation is 1. The van der Waals surface area contributed by atoms with E-state index in [1.54, 1.807) is 20.8 Å². The number of halogens is 4. The van der Waals surface area contributed by atoms with Crippen molar-refractivity contribution in [3.63, 3.8) is 0 Å². The van der Waals surface area contributed by atoms with E-state index in [9.17, 15) is 31.9 Å². The highest BCUT2D eigenvalue weighted by Crippen LogP contribution is 2.32. The zero-order valence-corrected chi connectivity index (χ0v) is 16.6. The lowest BCUT2D eigenvalue weighted by molar-refractivity contribution is -0.136. The zero-order chi connectivity index (χ0) is 21.4. The summed E-state index contributed by atoms with van der Waals surface area (Å²) in [5.74, 6) is -0.904. The first-order valence-corrected chi connectivity index (χ1v) is 9.27. The molecule has 11 heteroatoms. The number of ether oxygens (including phenoxy) is 1. The van der Waals surface area contributed by atoms with Gasteiger partial charge in [0.05, 0.1) is 11.8 Å². The number of hydrogen-bond acceptors (Lipinski definition) is 5. The van der Waals surface area contributed by atoms with Gasteiger partial charge < -0.3 is 4.74 Å². The van der Waals surface area contributed by atoms with Crippen LogP contribution in [0.15, 0.2) is 9.59 Å². The second-order valence-electron chi connectivity index (χ2n) is 7.07. The van der Waals surface area contributed by atoms with E-state index in [2.05, 4.69) is 0 Å². The van der Waals surface area contributed by atoms with Gasteiger partial charge in [-0.2, -0.15) is 13.2 Å². The summed E-state index contributed by atoms with van der Waals surface area (Å²) in [4.78, 5) is 37.2. The Kier molecular flexibility index (Phi) is 6.07. The van der Waals surface area contributed by atoms with Gasteiger partial charge in [-0.25, -0.2) is 14.0 Å². The molecule has 0 aromatic carbocycles. The summed E-state index contributed by atoms with van der Waals surface area (Å²) in [5, 5.41) is -0.267. The summed E-state index contributed by atoms with van der Waals surface area (Å²) in [5.41, 5.74) is -2.96. The molecule has 0 amide bonds. The van der Waals surface area contributed by atoms with E-state index in [0.29, 0.717) is 11.3 Å². The van der Waals surface area contributed by atoms with Gasteiger partial charge in [0.1, 0.15) is 22.0 Å². The molecule has 0 atom stereocenters. The summed E-state index contributed by atoms with van der Waals surface area (Å²) >= 11 is 0.590. The molecule has 2 aromatic rings. The molecule has 2 aromatic heterocycles. The van der Waals surface area contributed by atoms with Crippen LogP contribution in [0.1, 0.15) is 49.4 Å². The van der Waals surface area contributed by atoms with Gasteiger partial charge in [-0.15, -0.1) is 11.3 Å². The van der Waals surface area contributed by atoms with Gasteiger partial charge in [-0.3, -0.25) is 13.9 Å². The molecule has 0 saturated heterocycles. The monoisotopic (exact) mass is 424 g/mol. The fraction of sp³-hybridized carbons (Fsp3) is 0.588. The predicted molar refractivity (Wildman–Crippen MR) is 96.7 cm³/mol. The molecule has 0 bridgehead atoms. The fourth-order valence-corrected chi connectivity index (χ4v) is 3.84. The summed E-state index contributed by atoms with van der Waals surface area (Å²) < 4.78 is 58.5. The predicted octanol–water partition coefficient (Wildman–Crippen LogP) is 3.62. The Balaban J connectivity index is 2.81. The maximum Gasteiger partial charge on any atom is 0.390 e. The van der Waals surface area contributed by atoms with Crippen LogP contribution in [-0.4, -0.2) is 26.9 Å². The highest BCUT2D eigenvalue weighted by molar-refractivity contribution is 7.20. The second kappa shape index (κ2) is 7.69. The topological polar surface area (TPSA) is 70.3 Å². The molecule has 0 aliphatic rings. The molecule has 0 aliphatic heterocycles. The Morgan fingerprint density at radius 1 is 1.14 bits per heavy atom. The number of thiophene rings is 1. The number of alkyl halides is 4. The van der Waals surface area contributed by atoms with Gasteiger partial charge in [-0.1, -0.05) is 0 Å². The second-order valence-corrected chi connectivity index (χ2v) is 8.07. The molecule has 0 aliphatic carbocycles. The van der Waals surface area contributed by atoms with Gasteiger partial charge in [0.25, 0.3) is 5.56 Å². The average Bonchev–Trinajstić information content (AvgIpc) is 2.92. The molecular weight excluding hydrogens is 404 g/mol. The molecule has 156 valence electrons. The molecule has 0 radical (unpaired) electrons. The molecule has 2 rings (SSSR count). The first-order valence-electron chi connectivity index (χ1n) is 8.45. The minimum absolute atomic E-state index is 0.108. The van der Waals surface area contributed by atoms with Crippen LogP contribution in [0.4, 0.5) is 17.6 Å². The van der Waals surface area contributed by atoms with Crippen molar-refractivity contribution in [2.45, 2.75) is 65.7 Å². The van der Waals surface area contributed by atoms with E-state index in [1.165, 1.54) is 6.92 Å². The normalized spacial score (nSPS) is 12.6. The molecule has 0 N–H and O–H groups in total. The lowest BCUT2D eigenvalue weighted by atomic mass is 10.1. The maximum atomic E-state index is 13.7. The number of carbonyl (C=O) groups excluding carboxylic acids is 1. The Hall–Kier alpha value is -2.17. The Bertz CT molecular complexity index is 1010. The number of rotatable bonds is 5. The van der Waals surface area contributed by atoms with Crippen molar-refractivity contribution in [3.05, 3.63) is 31.3 Å². The van der Waals surface area contributed by atoms with Crippen LogP contribution in [0.2, 0.25) is 0 Å². The Morgan fingerprint density at radius 2 is 1.75 bits per heavy atom. The van der Waals surface area contributed by atoms with E-state index in [0.717, 1.165) is 9.13 Å². The summed E-state index contributed by atoms with van der Waals surface area (Å²) in [7, 11) is 0. The van der Waals surface area contributed by atoms with Crippen LogP contribution in [0, 0.1) is 0 Å². The van der Waals surface area contributed by atoms with Crippen LogP contribution in [0.5, 0.6) is 0 Å². The number of hydrogen-bond donors (Lipinski definition) is 0. The SMILES string of the molecule is CCn1c(=O)c2c(CF)c(C(=O)OC(C)(C)C)sc2n(CCC(F)(F)F)c1=O. The average molecular weight is 424 g/mol. The third-order valence-electron chi connectivity index (χ3n) is 3.81. The molecule has 2 heterocycles. The molecule has 0 unspecified atom stereocenters. The first kappa shape index (κ1) is 22.1. The van der Waals surface area contributed by atoms with E-state index in [-0.39, 0.29) is 27.2 Å². The summed E-state index contributed by atoms with van der Waals surface area (Å²) in [6.45, 7) is 4.19. The Labute approximate surface area is 161 Å². The van der Waals surface area contributed by atoms with Crippen molar-refractivity contribution < 1.29 is 27.1 Å². The zero-order valence-electron chi connectivity index (χ0n) is 15.8. The van der Waals surface area contributed by atoms with Crippen molar-refractivity contribution in [3.8, 4) is 0 Å². The van der Waals surface area contributed by atoms with Crippen LogP contribution >= 0.6 is 11.3 Å². The van der Waals surface area contributed by atoms with E-state index >= 15 is 0 Å². The molecule has 0 saturated carbocycles. The van der Waals surface area contributed by atoms with Crippen LogP contribution < -0.4 is 11.2 Å². The number of aromatic nitrogens is 2. The lowest BCUT2D eigenvalue weighted by Gasteiger charge is -2.19. The molecule has 0 spiro atoms. The lowest BCUT2D eigenvalue weighted by Crippen LogP contribution is -2.40. The van der Waals surface area contributed by atoms with Crippen molar-refractivity contribution in [1.82, 2.24) is 9.13 Å². The molecule has 0 fully saturated rings. The third-order valence-corrected chi connectivity index (χ3v) is 5.04. The standard InChI is InChI=1S/C17H20F4N2O4S/c1-5-22-12(24)10-9(8-18)11(14(25)27-16(2,3)4)28-13(10)23(15(22)26)7-6-17(19,20)21/h5-8H2,1-4H3. The first-order chi connectivity index (χ1) is 12.8. The van der Waals surface area contributed by atoms with E-state index in [4.69, 9.17) is 4.74 Å². The van der Waals surface area contributed by atoms with Gasteiger partial charge in [0, 0.05) is 18.7 Å². The highest BCUT2D eigenvalue weighted by Gasteiger charge is 2.31. The highest BCUT2D eigenvalue weighted by atomic mass is 32.1. The van der Waals surface area contributed by atoms with Gasteiger partial charge in [-0.05, 0) is 27.7 Å². The summed E-state index contributed by atoms with van der Waals surface area (Å²) in [6.07, 6.45) is -5.85. The largest absolute Gasteiger partial charge is 0.456 e. The maximum absolute atomic E-state index is 13.7. The van der Waals surface area contributed by atoms with Gasteiger partial charge >= 0.3 is 17.8 Å². The Morgan fingerprint density at radius 3 is 2.21 bits per heavy atom. The quantitative estimate of drug-likeness (QED) is 0.543. The number of fused-ring (bicyclic) bond motifs is 1. The van der Waals surface area contributed by atoms with Crippen molar-refractivity contribution >= 4 is 27.5 Å². The van der Waals surface area contributed by atoms with Crippen molar-refractivity contribution in [2.24, 2.45) is 0 Å². The van der Waals surface area contributed by atoms with Crippen LogP contribution in [-0.2, 0) is 24.5 Å². The summed E-state index contributed by atoms with van der Waals surface area (Å²) in [6, 6.07) is 0. The van der Waals surface area contributed by atoms with Crippen molar-refractivity contribution in [1.29, 1.82) is 0 Å². The van der Waals surface area contributed by atoms with Crippen molar-refractivity contribution in [2.75, 3.05) is 0 Å². The molecular formula is C17H20F4N2O4S. The van der Waals surface area contributed by atoms with E-state index < -0.39 is 48.6 Å². The fourth-order valence-electron chi connectivity index (χ4n) is 2.65. The van der Waals surface area contributed by atoms with E-state index in [1.807, 2.05) is 0 Å². The van der Waals surface area contributed by atoms with Gasteiger partial charge in [0.15, 0.2) is 0 Å². The van der Waals surface area contributed by atoms with Crippen LogP contribution in [0.3, 0.4) is 0 Å². The van der Waals surface area contributed by atoms with Gasteiger partial charge in [0.2, 0.25) is 0 Å². The molecule has 6 nitrogen and oxygen atoms in total. The molecule has 28 heavy (non-hydrogen) atoms. The third kappa shape index (κ3) is 4.45. The van der Waals surface area contributed by atoms with Crippen LogP contribution in [0.25, 0.3) is 10.2 Å². The minimum atomic E-state index is -4.53.